The molecule has 0 amide bonds. The van der Waals surface area contributed by atoms with E-state index in [-0.39, 0.29) is 46.6 Å². The molecule has 2 aliphatic rings. The number of piperidine rings is 1. The van der Waals surface area contributed by atoms with Crippen molar-refractivity contribution in [1.82, 2.24) is 65.1 Å². The van der Waals surface area contributed by atoms with E-state index in [4.69, 9.17) is 9.05 Å². The van der Waals surface area contributed by atoms with Gasteiger partial charge in [-0.3, -0.25) is 9.36 Å². The molecule has 10 rings (SSSR count). The van der Waals surface area contributed by atoms with Gasteiger partial charge in [0.15, 0.2) is 0 Å². The van der Waals surface area contributed by atoms with Gasteiger partial charge >= 0.3 is 12.7 Å². The molecule has 8 aromatic rings. The summed E-state index contributed by atoms with van der Waals surface area (Å²) >= 11 is 0. The zero-order valence-electron chi connectivity index (χ0n) is 37.5. The highest BCUT2D eigenvalue weighted by molar-refractivity contribution is 5.59. The SMILES string of the molecule is Cn1nc(-c2nc(-c3ccc(OC(F)(F)F)cc3)no2)nc1Cc1ccnc(N2CCCCC2)c1.Cn1nc(-c2nc(-c3ccc(OC(F)(F)F)cc3)no2)nc1Cc1ccnc(N2CCNCC2)c1. The summed E-state index contributed by atoms with van der Waals surface area (Å²) < 4.78 is 95.8. The second-order valence-electron chi connectivity index (χ2n) is 16.1. The molecule has 2 aromatic carbocycles. The number of aromatic nitrogens is 12. The number of ether oxygens (including phenoxy) is 2. The average molecular weight is 972 g/mol. The van der Waals surface area contributed by atoms with Gasteiger partial charge in [-0.1, -0.05) is 10.3 Å². The van der Waals surface area contributed by atoms with Gasteiger partial charge in [0.25, 0.3) is 11.8 Å². The third-order valence-corrected chi connectivity index (χ3v) is 11.1. The van der Waals surface area contributed by atoms with E-state index < -0.39 is 12.7 Å². The molecule has 2 aliphatic heterocycles. The van der Waals surface area contributed by atoms with Crippen LogP contribution in [0.1, 0.15) is 42.0 Å². The van der Waals surface area contributed by atoms with Crippen molar-refractivity contribution in [3.05, 3.63) is 108 Å². The first-order valence-corrected chi connectivity index (χ1v) is 22.0. The van der Waals surface area contributed by atoms with Gasteiger partial charge < -0.3 is 33.6 Å². The Morgan fingerprint density at radius 2 is 0.971 bits per heavy atom. The second kappa shape index (κ2) is 20.3. The van der Waals surface area contributed by atoms with Crippen molar-refractivity contribution >= 4 is 11.6 Å². The maximum absolute atomic E-state index is 12.4. The Hall–Kier alpha value is -7.96. The van der Waals surface area contributed by atoms with Gasteiger partial charge in [0.1, 0.15) is 34.8 Å². The maximum Gasteiger partial charge on any atom is 0.573 e. The molecule has 70 heavy (non-hydrogen) atoms. The molecule has 25 heteroatoms. The highest BCUT2D eigenvalue weighted by Crippen LogP contribution is 2.29. The highest BCUT2D eigenvalue weighted by Gasteiger charge is 2.32. The van der Waals surface area contributed by atoms with Crippen LogP contribution >= 0.6 is 0 Å². The van der Waals surface area contributed by atoms with Gasteiger partial charge in [-0.05, 0) is 103 Å². The van der Waals surface area contributed by atoms with Gasteiger partial charge in [0, 0.05) is 89.7 Å². The summed E-state index contributed by atoms with van der Waals surface area (Å²) in [5.41, 5.74) is 3.04. The number of halogens is 6. The van der Waals surface area contributed by atoms with Crippen LogP contribution in [-0.4, -0.2) is 112 Å². The maximum atomic E-state index is 12.4. The van der Waals surface area contributed by atoms with Crippen LogP contribution in [0.3, 0.4) is 0 Å². The van der Waals surface area contributed by atoms with Crippen molar-refractivity contribution < 1.29 is 44.9 Å². The molecule has 6 aromatic heterocycles. The predicted octanol–water partition coefficient (Wildman–Crippen LogP) is 7.23. The normalized spacial score (nSPS) is 14.3. The van der Waals surface area contributed by atoms with Crippen LogP contribution in [0.4, 0.5) is 38.0 Å². The summed E-state index contributed by atoms with van der Waals surface area (Å²) in [6, 6.07) is 18.4. The number of nitrogens with zero attached hydrogens (tertiary/aromatic N) is 14. The summed E-state index contributed by atoms with van der Waals surface area (Å²) in [5.74, 6) is 3.79. The Morgan fingerprint density at radius 3 is 1.40 bits per heavy atom. The van der Waals surface area contributed by atoms with Crippen molar-refractivity contribution in [2.24, 2.45) is 14.1 Å². The number of alkyl halides is 6. The largest absolute Gasteiger partial charge is 0.573 e. The number of anilines is 2. The molecule has 0 bridgehead atoms. The third kappa shape index (κ3) is 12.0. The van der Waals surface area contributed by atoms with Gasteiger partial charge in [-0.2, -0.15) is 9.97 Å². The lowest BCUT2D eigenvalue weighted by molar-refractivity contribution is -0.275. The quantitative estimate of drug-likeness (QED) is 0.120. The van der Waals surface area contributed by atoms with Crippen LogP contribution in [0.25, 0.3) is 46.2 Å². The fourth-order valence-corrected chi connectivity index (χ4v) is 7.67. The van der Waals surface area contributed by atoms with E-state index in [1.165, 1.54) is 67.8 Å². The van der Waals surface area contributed by atoms with Gasteiger partial charge in [-0.15, -0.1) is 36.5 Å². The standard InChI is InChI=1S/C23H22F3N7O2.C22H21F3N8O2/c1-32-19(14-15-9-10-27-18(13-15)33-11-3-2-4-12-33)28-21(30-32)22-29-20(31-35-22)16-5-7-17(8-6-16)34-23(24,25)26;1-32-18(13-14-6-7-27-17(12-14)33-10-8-26-9-11-33)28-20(30-32)21-29-19(31-35-21)15-2-4-16(5-3-15)34-22(23,24)25/h5-10,13H,2-4,11-12,14H2,1H3;2-7,12,26H,8-11,13H2,1H3. The molecule has 0 spiro atoms. The van der Waals surface area contributed by atoms with Crippen molar-refractivity contribution in [3.8, 4) is 57.7 Å². The number of hydrogen-bond donors (Lipinski definition) is 1. The minimum Gasteiger partial charge on any atom is -0.406 e. The van der Waals surface area contributed by atoms with Crippen LogP contribution in [0, 0.1) is 0 Å². The molecule has 2 fully saturated rings. The fourth-order valence-electron chi connectivity index (χ4n) is 7.67. The van der Waals surface area contributed by atoms with E-state index in [2.05, 4.69) is 87.1 Å². The van der Waals surface area contributed by atoms with Crippen LogP contribution in [0.5, 0.6) is 11.5 Å². The molecule has 0 atom stereocenters. The summed E-state index contributed by atoms with van der Waals surface area (Å²) in [7, 11) is 3.57. The van der Waals surface area contributed by atoms with E-state index in [0.717, 1.165) is 62.0 Å². The lowest BCUT2D eigenvalue weighted by atomic mass is 10.1. The third-order valence-electron chi connectivity index (χ3n) is 11.1. The van der Waals surface area contributed by atoms with E-state index in [1.54, 1.807) is 29.7 Å². The average Bonchev–Trinajstić information content (AvgIpc) is 4.18. The molecule has 2 saturated heterocycles. The van der Waals surface area contributed by atoms with E-state index in [0.29, 0.717) is 35.6 Å². The smallest absolute Gasteiger partial charge is 0.406 e. The van der Waals surface area contributed by atoms with Gasteiger partial charge in [0.2, 0.25) is 23.3 Å². The molecule has 1 N–H and O–H groups in total. The van der Waals surface area contributed by atoms with Crippen molar-refractivity contribution in [3.63, 3.8) is 0 Å². The van der Waals surface area contributed by atoms with Crippen molar-refractivity contribution in [2.45, 2.75) is 44.8 Å². The molecule has 8 heterocycles. The lowest BCUT2D eigenvalue weighted by Gasteiger charge is -2.28. The van der Waals surface area contributed by atoms with E-state index in [1.807, 2.05) is 18.3 Å². The topological polar surface area (TPSA) is 202 Å². The zero-order chi connectivity index (χ0) is 48.8. The van der Waals surface area contributed by atoms with Crippen LogP contribution in [0.2, 0.25) is 0 Å². The zero-order valence-corrected chi connectivity index (χ0v) is 37.5. The van der Waals surface area contributed by atoms with Gasteiger partial charge in [-0.25, -0.2) is 19.9 Å². The second-order valence-corrected chi connectivity index (χ2v) is 16.1. The summed E-state index contributed by atoms with van der Waals surface area (Å²) in [6.45, 7) is 5.70. The Kier molecular flexibility index (Phi) is 13.7. The lowest BCUT2D eigenvalue weighted by Crippen LogP contribution is -2.43. The predicted molar refractivity (Wildman–Crippen MR) is 238 cm³/mol. The molecule has 0 unspecified atom stereocenters. The van der Waals surface area contributed by atoms with Crippen LogP contribution in [0.15, 0.2) is 94.2 Å². The van der Waals surface area contributed by atoms with E-state index >= 15 is 0 Å². The number of pyridine rings is 2. The number of hydrogen-bond acceptors (Lipinski definition) is 17. The summed E-state index contributed by atoms with van der Waals surface area (Å²) in [5, 5.41) is 19.9. The van der Waals surface area contributed by atoms with E-state index in [9.17, 15) is 26.3 Å². The molecule has 0 radical (unpaired) electrons. The number of aryl methyl sites for hydroxylation is 2. The first-order chi connectivity index (χ1) is 33.7. The first kappa shape index (κ1) is 47.1. The number of rotatable bonds is 12. The number of nitrogens with one attached hydrogen (secondary N) is 1. The Labute approximate surface area is 394 Å². The number of benzene rings is 2. The molecular formula is C45H43F6N15O4. The van der Waals surface area contributed by atoms with Gasteiger partial charge in [0.05, 0.1) is 0 Å². The minimum absolute atomic E-state index is 0.105. The molecule has 364 valence electrons. The highest BCUT2D eigenvalue weighted by atomic mass is 19.4. The molecule has 19 nitrogen and oxygen atoms in total. The monoisotopic (exact) mass is 971 g/mol. The Balaban J connectivity index is 0.000000174. The molecule has 0 aliphatic carbocycles. The van der Waals surface area contributed by atoms with Crippen molar-refractivity contribution in [2.75, 3.05) is 49.1 Å². The fraction of sp³-hybridized carbons (Fsp3) is 0.333. The van der Waals surface area contributed by atoms with Crippen LogP contribution in [-0.2, 0) is 26.9 Å². The first-order valence-electron chi connectivity index (χ1n) is 22.0. The summed E-state index contributed by atoms with van der Waals surface area (Å²) in [4.78, 5) is 31.2. The molecule has 0 saturated carbocycles. The van der Waals surface area contributed by atoms with Crippen LogP contribution < -0.4 is 24.6 Å². The number of piperazine rings is 1. The summed E-state index contributed by atoms with van der Waals surface area (Å²) in [6.07, 6.45) is -1.22. The minimum atomic E-state index is -4.76. The molecular weight excluding hydrogens is 929 g/mol. The Morgan fingerprint density at radius 1 is 0.543 bits per heavy atom. The Bertz CT molecular complexity index is 2790. The van der Waals surface area contributed by atoms with Crippen molar-refractivity contribution in [1.29, 1.82) is 0 Å².